The largest absolute Gasteiger partial charge is 0.478 e. The summed E-state index contributed by atoms with van der Waals surface area (Å²) in [6.07, 6.45) is 0. The molecule has 0 aliphatic carbocycles. The van der Waals surface area contributed by atoms with Crippen molar-refractivity contribution < 1.29 is 28.6 Å². The lowest BCUT2D eigenvalue weighted by atomic mass is 10.1. The molecule has 9 heteroatoms. The summed E-state index contributed by atoms with van der Waals surface area (Å²) in [5, 5.41) is 2.93. The molecule has 1 heterocycles. The zero-order valence-corrected chi connectivity index (χ0v) is 19.9. The van der Waals surface area contributed by atoms with E-state index in [-0.39, 0.29) is 28.7 Å². The molecule has 0 saturated carbocycles. The second-order valence-electron chi connectivity index (χ2n) is 6.72. The minimum atomic E-state index is -1.25. The van der Waals surface area contributed by atoms with Crippen LogP contribution in [-0.4, -0.2) is 36.7 Å². The van der Waals surface area contributed by atoms with E-state index in [1.165, 1.54) is 0 Å². The van der Waals surface area contributed by atoms with Crippen LogP contribution in [0.25, 0.3) is 0 Å². The maximum absolute atomic E-state index is 12.9. The predicted molar refractivity (Wildman–Crippen MR) is 118 cm³/mol. The summed E-state index contributed by atoms with van der Waals surface area (Å²) in [4.78, 5) is 37.9. The number of hydrogen-bond acceptors (Lipinski definition) is 7. The highest BCUT2D eigenvalue weighted by Gasteiger charge is 2.33. The Morgan fingerprint density at radius 2 is 1.60 bits per heavy atom. The first-order chi connectivity index (χ1) is 14.1. The van der Waals surface area contributed by atoms with Crippen molar-refractivity contribution in [2.75, 3.05) is 18.5 Å². The Balaban J connectivity index is 2.33. The maximum Gasteiger partial charge on any atom is 0.348 e. The van der Waals surface area contributed by atoms with Gasteiger partial charge in [0.15, 0.2) is 5.60 Å². The van der Waals surface area contributed by atoms with E-state index in [1.54, 1.807) is 58.9 Å². The Hall–Kier alpha value is -2.39. The zero-order chi connectivity index (χ0) is 22.5. The van der Waals surface area contributed by atoms with E-state index in [9.17, 15) is 14.4 Å². The Labute approximate surface area is 187 Å². The molecule has 0 aliphatic heterocycles. The summed E-state index contributed by atoms with van der Waals surface area (Å²) in [7, 11) is 0. The summed E-state index contributed by atoms with van der Waals surface area (Å²) < 4.78 is 16.9. The van der Waals surface area contributed by atoms with Crippen LogP contribution in [0, 0.1) is 6.92 Å². The number of anilines is 1. The van der Waals surface area contributed by atoms with Gasteiger partial charge in [-0.15, -0.1) is 11.3 Å². The van der Waals surface area contributed by atoms with Gasteiger partial charge in [-0.25, -0.2) is 9.59 Å². The van der Waals surface area contributed by atoms with Crippen LogP contribution in [0.4, 0.5) is 5.00 Å². The Morgan fingerprint density at radius 3 is 2.17 bits per heavy atom. The SMILES string of the molecule is CCOC(=O)c1sc(NC(=O)C(C)(C)Oc2ccc(Br)cc2)c(C(=O)OCC)c1C. The van der Waals surface area contributed by atoms with Gasteiger partial charge in [0, 0.05) is 4.47 Å². The maximum atomic E-state index is 12.9. The van der Waals surface area contributed by atoms with Crippen LogP contribution in [0.1, 0.15) is 53.3 Å². The summed E-state index contributed by atoms with van der Waals surface area (Å²) in [5.74, 6) is -1.15. The van der Waals surface area contributed by atoms with E-state index in [0.29, 0.717) is 11.3 Å². The lowest BCUT2D eigenvalue weighted by Crippen LogP contribution is -2.42. The third kappa shape index (κ3) is 5.60. The highest BCUT2D eigenvalue weighted by Crippen LogP contribution is 2.35. The topological polar surface area (TPSA) is 90.9 Å². The van der Waals surface area contributed by atoms with Crippen LogP contribution >= 0.6 is 27.3 Å². The van der Waals surface area contributed by atoms with Gasteiger partial charge in [0.1, 0.15) is 15.6 Å². The van der Waals surface area contributed by atoms with Crippen LogP contribution < -0.4 is 10.1 Å². The second-order valence-corrected chi connectivity index (χ2v) is 8.66. The van der Waals surface area contributed by atoms with Crippen LogP contribution in [0.3, 0.4) is 0 Å². The number of amides is 1. The quantitative estimate of drug-likeness (QED) is 0.517. The van der Waals surface area contributed by atoms with Gasteiger partial charge in [-0.05, 0) is 64.4 Å². The monoisotopic (exact) mass is 497 g/mol. The van der Waals surface area contributed by atoms with Crippen molar-refractivity contribution in [1.29, 1.82) is 0 Å². The van der Waals surface area contributed by atoms with Crippen LogP contribution in [0.2, 0.25) is 0 Å². The molecule has 2 aromatic rings. The van der Waals surface area contributed by atoms with Gasteiger partial charge in [-0.2, -0.15) is 0 Å². The highest BCUT2D eigenvalue weighted by atomic mass is 79.9. The number of nitrogens with one attached hydrogen (secondary N) is 1. The van der Waals surface area contributed by atoms with Gasteiger partial charge < -0.3 is 19.5 Å². The van der Waals surface area contributed by atoms with Gasteiger partial charge in [0.2, 0.25) is 0 Å². The molecular weight excluding hydrogens is 474 g/mol. The molecular formula is C21H24BrNO6S. The molecule has 0 radical (unpaired) electrons. The van der Waals surface area contributed by atoms with E-state index in [0.717, 1.165) is 15.8 Å². The van der Waals surface area contributed by atoms with E-state index in [2.05, 4.69) is 21.2 Å². The molecule has 0 saturated heterocycles. The van der Waals surface area contributed by atoms with Crippen LogP contribution in [0.5, 0.6) is 5.75 Å². The Bertz CT molecular complexity index is 936. The molecule has 2 rings (SSSR count). The molecule has 0 bridgehead atoms. The van der Waals surface area contributed by atoms with E-state index < -0.39 is 23.4 Å². The van der Waals surface area contributed by atoms with Crippen molar-refractivity contribution in [2.45, 2.75) is 40.2 Å². The van der Waals surface area contributed by atoms with Gasteiger partial charge >= 0.3 is 11.9 Å². The van der Waals surface area contributed by atoms with E-state index in [4.69, 9.17) is 14.2 Å². The Kier molecular flexibility index (Phi) is 8.03. The first-order valence-corrected chi connectivity index (χ1v) is 10.9. The summed E-state index contributed by atoms with van der Waals surface area (Å²) in [5.41, 5.74) is -0.710. The van der Waals surface area contributed by atoms with E-state index >= 15 is 0 Å². The lowest BCUT2D eigenvalue weighted by molar-refractivity contribution is -0.128. The molecule has 1 aromatic heterocycles. The zero-order valence-electron chi connectivity index (χ0n) is 17.5. The summed E-state index contributed by atoms with van der Waals surface area (Å²) in [6, 6.07) is 7.07. The number of carbonyl (C=O) groups excluding carboxylic acids is 3. The number of ether oxygens (including phenoxy) is 3. The smallest absolute Gasteiger partial charge is 0.348 e. The van der Waals surface area contributed by atoms with Crippen molar-refractivity contribution in [3.05, 3.63) is 44.7 Å². The average Bonchev–Trinajstić information content (AvgIpc) is 3.00. The van der Waals surface area contributed by atoms with Crippen LogP contribution in [-0.2, 0) is 14.3 Å². The first kappa shape index (κ1) is 23.9. The van der Waals surface area contributed by atoms with Crippen molar-refractivity contribution in [1.82, 2.24) is 0 Å². The molecule has 1 aromatic carbocycles. The number of thiophene rings is 1. The highest BCUT2D eigenvalue weighted by molar-refractivity contribution is 9.10. The van der Waals surface area contributed by atoms with Crippen molar-refractivity contribution in [3.8, 4) is 5.75 Å². The molecule has 0 aliphatic rings. The van der Waals surface area contributed by atoms with Crippen LogP contribution in [0.15, 0.2) is 28.7 Å². The second kappa shape index (κ2) is 10.1. The summed E-state index contributed by atoms with van der Waals surface area (Å²) >= 11 is 4.32. The normalized spacial score (nSPS) is 11.0. The van der Waals surface area contributed by atoms with Gasteiger partial charge in [0.05, 0.1) is 18.8 Å². The number of rotatable bonds is 8. The van der Waals surface area contributed by atoms with Crippen molar-refractivity contribution >= 4 is 50.1 Å². The molecule has 0 atom stereocenters. The molecule has 162 valence electrons. The number of hydrogen-bond donors (Lipinski definition) is 1. The third-order valence-electron chi connectivity index (χ3n) is 4.05. The number of halogens is 1. The molecule has 1 N–H and O–H groups in total. The first-order valence-electron chi connectivity index (χ1n) is 9.34. The lowest BCUT2D eigenvalue weighted by Gasteiger charge is -2.25. The molecule has 7 nitrogen and oxygen atoms in total. The number of carbonyl (C=O) groups is 3. The standard InChI is InChI=1S/C21H24BrNO6S/c1-6-27-18(24)15-12(3)16(19(25)28-7-2)30-17(15)23-20(26)21(4,5)29-14-10-8-13(22)9-11-14/h8-11H,6-7H2,1-5H3,(H,23,26). The number of benzene rings is 1. The fourth-order valence-electron chi connectivity index (χ4n) is 2.54. The van der Waals surface area contributed by atoms with Crippen molar-refractivity contribution in [3.63, 3.8) is 0 Å². The minimum Gasteiger partial charge on any atom is -0.478 e. The minimum absolute atomic E-state index is 0.137. The van der Waals surface area contributed by atoms with E-state index in [1.807, 2.05) is 0 Å². The average molecular weight is 498 g/mol. The summed E-state index contributed by atoms with van der Waals surface area (Å²) in [6.45, 7) is 8.57. The molecule has 30 heavy (non-hydrogen) atoms. The molecule has 0 unspecified atom stereocenters. The predicted octanol–water partition coefficient (Wildman–Crippen LogP) is 4.97. The third-order valence-corrected chi connectivity index (χ3v) is 5.76. The van der Waals surface area contributed by atoms with Gasteiger partial charge in [-0.3, -0.25) is 4.79 Å². The molecule has 1 amide bonds. The Morgan fingerprint density at radius 1 is 1.03 bits per heavy atom. The molecule has 0 spiro atoms. The van der Waals surface area contributed by atoms with Gasteiger partial charge in [-0.1, -0.05) is 15.9 Å². The van der Waals surface area contributed by atoms with Gasteiger partial charge in [0.25, 0.3) is 5.91 Å². The number of esters is 2. The fraction of sp³-hybridized carbons (Fsp3) is 0.381. The molecule has 0 fully saturated rings. The fourth-order valence-corrected chi connectivity index (χ4v) is 3.89. The van der Waals surface area contributed by atoms with Crippen molar-refractivity contribution in [2.24, 2.45) is 0 Å².